The largest absolute Gasteiger partial charge is 0.493 e. The van der Waals surface area contributed by atoms with Gasteiger partial charge in [-0.3, -0.25) is 0 Å². The second kappa shape index (κ2) is 9.50. The maximum absolute atomic E-state index is 11.6. The van der Waals surface area contributed by atoms with E-state index in [1.54, 1.807) is 18.2 Å². The highest BCUT2D eigenvalue weighted by Gasteiger charge is 2.42. The number of carboxylic acid groups (broad SMARTS) is 1. The van der Waals surface area contributed by atoms with Crippen LogP contribution in [0.3, 0.4) is 0 Å². The van der Waals surface area contributed by atoms with E-state index in [0.29, 0.717) is 60.6 Å². The maximum atomic E-state index is 11.6. The normalized spacial score (nSPS) is 18.8. The van der Waals surface area contributed by atoms with Crippen molar-refractivity contribution in [1.29, 1.82) is 0 Å². The zero-order chi connectivity index (χ0) is 20.0. The van der Waals surface area contributed by atoms with Crippen molar-refractivity contribution in [3.8, 4) is 11.5 Å². The second-order valence-electron chi connectivity index (χ2n) is 6.70. The van der Waals surface area contributed by atoms with Crippen LogP contribution in [0.15, 0.2) is 42.5 Å². The summed E-state index contributed by atoms with van der Waals surface area (Å²) in [6, 6.07) is 12.6. The van der Waals surface area contributed by atoms with Crippen molar-refractivity contribution in [1.82, 2.24) is 0 Å². The van der Waals surface area contributed by atoms with Gasteiger partial charge in [0.05, 0.1) is 23.3 Å². The molecule has 1 aliphatic rings. The minimum Gasteiger partial charge on any atom is -0.493 e. The van der Waals surface area contributed by atoms with Crippen LogP contribution in [0.4, 0.5) is 0 Å². The minimum atomic E-state index is -1.12. The molecule has 3 rings (SSSR count). The number of halogens is 2. The first-order chi connectivity index (χ1) is 13.5. The third-order valence-corrected chi connectivity index (χ3v) is 5.34. The summed E-state index contributed by atoms with van der Waals surface area (Å²) in [7, 11) is 0. The Hall–Kier alpha value is -1.95. The average Bonchev–Trinajstić information content (AvgIpc) is 3.14. The highest BCUT2D eigenvalue weighted by atomic mass is 35.5. The smallest absolute Gasteiger partial charge is 0.336 e. The van der Waals surface area contributed by atoms with Crippen LogP contribution >= 0.6 is 23.2 Å². The first kappa shape index (κ1) is 20.8. The summed E-state index contributed by atoms with van der Waals surface area (Å²) in [5.41, 5.74) is -0.236. The summed E-state index contributed by atoms with van der Waals surface area (Å²) >= 11 is 11.8. The standard InChI is InChI=1S/C21H22Cl2O5/c22-18-7-6-17(13-19(18)23)27-10-3-9-26-16-5-1-4-15(12-16)14-21(20(24)25)8-2-11-28-21/h1,4-7,12-13H,2-3,8-11,14H2,(H,24,25). The fraction of sp³-hybridized carbons (Fsp3) is 0.381. The number of hydrogen-bond donors (Lipinski definition) is 1. The number of hydrogen-bond acceptors (Lipinski definition) is 4. The van der Waals surface area contributed by atoms with E-state index in [-0.39, 0.29) is 0 Å². The Balaban J connectivity index is 1.47. The highest BCUT2D eigenvalue weighted by molar-refractivity contribution is 6.42. The van der Waals surface area contributed by atoms with E-state index in [9.17, 15) is 9.90 Å². The molecular weight excluding hydrogens is 403 g/mol. The second-order valence-corrected chi connectivity index (χ2v) is 7.52. The fourth-order valence-corrected chi connectivity index (χ4v) is 3.45. The molecule has 1 saturated heterocycles. The van der Waals surface area contributed by atoms with Gasteiger partial charge in [0.2, 0.25) is 0 Å². The zero-order valence-corrected chi connectivity index (χ0v) is 16.8. The van der Waals surface area contributed by atoms with Crippen molar-refractivity contribution in [2.75, 3.05) is 19.8 Å². The molecule has 0 aromatic heterocycles. The van der Waals surface area contributed by atoms with Crippen molar-refractivity contribution in [3.63, 3.8) is 0 Å². The number of benzene rings is 2. The molecule has 1 heterocycles. The lowest BCUT2D eigenvalue weighted by molar-refractivity contribution is -0.159. The molecule has 1 unspecified atom stereocenters. The van der Waals surface area contributed by atoms with Gasteiger partial charge in [-0.15, -0.1) is 0 Å². The lowest BCUT2D eigenvalue weighted by Crippen LogP contribution is -2.40. The van der Waals surface area contributed by atoms with Crippen molar-refractivity contribution >= 4 is 29.2 Å². The summed E-state index contributed by atoms with van der Waals surface area (Å²) in [6.07, 6.45) is 2.31. The van der Waals surface area contributed by atoms with Crippen molar-refractivity contribution in [2.24, 2.45) is 0 Å². The Morgan fingerprint density at radius 1 is 1.07 bits per heavy atom. The van der Waals surface area contributed by atoms with Gasteiger partial charge in [0.25, 0.3) is 0 Å². The molecule has 1 aliphatic heterocycles. The summed E-state index contributed by atoms with van der Waals surface area (Å²) in [5.74, 6) is 0.452. The van der Waals surface area contributed by atoms with Gasteiger partial charge in [0.1, 0.15) is 11.5 Å². The molecule has 150 valence electrons. The van der Waals surface area contributed by atoms with Gasteiger partial charge < -0.3 is 19.3 Å². The van der Waals surface area contributed by atoms with E-state index in [4.69, 9.17) is 37.4 Å². The maximum Gasteiger partial charge on any atom is 0.336 e. The minimum absolute atomic E-state index is 0.333. The summed E-state index contributed by atoms with van der Waals surface area (Å²) in [6.45, 7) is 1.44. The number of rotatable bonds is 9. The third-order valence-electron chi connectivity index (χ3n) is 4.60. The van der Waals surface area contributed by atoms with Crippen LogP contribution in [0, 0.1) is 0 Å². The van der Waals surface area contributed by atoms with Crippen LogP contribution in [0.25, 0.3) is 0 Å². The molecule has 1 fully saturated rings. The summed E-state index contributed by atoms with van der Waals surface area (Å²) in [5, 5.41) is 10.5. The molecule has 0 aliphatic carbocycles. The molecule has 0 bridgehead atoms. The Kier molecular flexibility index (Phi) is 7.05. The Bertz CT molecular complexity index is 818. The zero-order valence-electron chi connectivity index (χ0n) is 15.3. The molecule has 0 saturated carbocycles. The Labute approximate surface area is 174 Å². The Morgan fingerprint density at radius 3 is 2.46 bits per heavy atom. The molecule has 1 N–H and O–H groups in total. The van der Waals surface area contributed by atoms with Gasteiger partial charge >= 0.3 is 5.97 Å². The first-order valence-electron chi connectivity index (χ1n) is 9.15. The average molecular weight is 425 g/mol. The van der Waals surface area contributed by atoms with Gasteiger partial charge in [-0.1, -0.05) is 35.3 Å². The van der Waals surface area contributed by atoms with E-state index in [1.165, 1.54) is 0 Å². The molecule has 28 heavy (non-hydrogen) atoms. The van der Waals surface area contributed by atoms with Gasteiger partial charge in [-0.05, 0) is 42.7 Å². The highest BCUT2D eigenvalue weighted by Crippen LogP contribution is 2.31. The van der Waals surface area contributed by atoms with Crippen LogP contribution in [0.2, 0.25) is 10.0 Å². The fourth-order valence-electron chi connectivity index (χ4n) is 3.16. The van der Waals surface area contributed by atoms with Gasteiger partial charge in [-0.2, -0.15) is 0 Å². The number of carbonyl (C=O) groups is 1. The SMILES string of the molecule is O=C(O)C1(Cc2cccc(OCCCOc3ccc(Cl)c(Cl)c3)c2)CCCO1. The predicted molar refractivity (Wildman–Crippen MR) is 108 cm³/mol. The van der Waals surface area contributed by atoms with Crippen LogP contribution < -0.4 is 9.47 Å². The monoisotopic (exact) mass is 424 g/mol. The number of carboxylic acids is 1. The Morgan fingerprint density at radius 2 is 1.82 bits per heavy atom. The van der Waals surface area contributed by atoms with E-state index in [2.05, 4.69) is 0 Å². The molecule has 0 amide bonds. The van der Waals surface area contributed by atoms with Crippen LogP contribution in [0.1, 0.15) is 24.8 Å². The molecule has 2 aromatic rings. The molecule has 7 heteroatoms. The molecule has 1 atom stereocenters. The summed E-state index contributed by atoms with van der Waals surface area (Å²) < 4.78 is 16.9. The van der Waals surface area contributed by atoms with E-state index in [0.717, 1.165) is 12.0 Å². The molecule has 0 radical (unpaired) electrons. The van der Waals surface area contributed by atoms with Gasteiger partial charge in [0, 0.05) is 25.5 Å². The van der Waals surface area contributed by atoms with Gasteiger partial charge in [-0.25, -0.2) is 4.79 Å². The summed E-state index contributed by atoms with van der Waals surface area (Å²) in [4.78, 5) is 11.6. The number of aliphatic carboxylic acids is 1. The van der Waals surface area contributed by atoms with Crippen molar-refractivity contribution in [2.45, 2.75) is 31.3 Å². The van der Waals surface area contributed by atoms with Crippen LogP contribution in [-0.4, -0.2) is 36.5 Å². The molecule has 5 nitrogen and oxygen atoms in total. The van der Waals surface area contributed by atoms with Crippen molar-refractivity contribution in [3.05, 3.63) is 58.1 Å². The topological polar surface area (TPSA) is 65.0 Å². The van der Waals surface area contributed by atoms with Crippen LogP contribution in [0.5, 0.6) is 11.5 Å². The molecule has 0 spiro atoms. The predicted octanol–water partition coefficient (Wildman–Crippen LogP) is 5.02. The van der Waals surface area contributed by atoms with E-state index in [1.807, 2.05) is 24.3 Å². The van der Waals surface area contributed by atoms with Crippen molar-refractivity contribution < 1.29 is 24.1 Å². The first-order valence-corrected chi connectivity index (χ1v) is 9.91. The molecule has 2 aromatic carbocycles. The van der Waals surface area contributed by atoms with E-state index >= 15 is 0 Å². The molecular formula is C21H22Cl2O5. The quantitative estimate of drug-likeness (QED) is 0.572. The number of ether oxygens (including phenoxy) is 3. The van der Waals surface area contributed by atoms with E-state index < -0.39 is 11.6 Å². The van der Waals surface area contributed by atoms with Gasteiger partial charge in [0.15, 0.2) is 5.60 Å². The lowest BCUT2D eigenvalue weighted by atomic mass is 9.91. The lowest BCUT2D eigenvalue weighted by Gasteiger charge is -2.23. The van der Waals surface area contributed by atoms with Crippen LogP contribution in [-0.2, 0) is 16.0 Å². The third kappa shape index (κ3) is 5.31.